The van der Waals surface area contributed by atoms with Gasteiger partial charge < -0.3 is 5.11 Å². The Morgan fingerprint density at radius 1 is 1.47 bits per heavy atom. The van der Waals surface area contributed by atoms with E-state index in [4.69, 9.17) is 1.43 Å². The fourth-order valence-corrected chi connectivity index (χ4v) is 2.60. The molecule has 1 aliphatic rings. The van der Waals surface area contributed by atoms with Crippen LogP contribution in [0.25, 0.3) is 12.3 Å². The highest BCUT2D eigenvalue weighted by Crippen LogP contribution is 2.31. The second-order valence-electron chi connectivity index (χ2n) is 4.59. The number of aromatic nitrogens is 2. The van der Waals surface area contributed by atoms with E-state index in [1.165, 1.54) is 12.8 Å². The summed E-state index contributed by atoms with van der Waals surface area (Å²) < 4.78 is 8.67. The van der Waals surface area contributed by atoms with Gasteiger partial charge in [-0.3, -0.25) is 4.68 Å². The minimum absolute atomic E-state index is 0.400. The lowest BCUT2D eigenvalue weighted by atomic mass is 10.1. The number of carboxylic acid groups (broad SMARTS) is 1. The second kappa shape index (κ2) is 3.87. The summed E-state index contributed by atoms with van der Waals surface area (Å²) in [7, 11) is 0. The van der Waals surface area contributed by atoms with Crippen LogP contribution in [0.2, 0.25) is 0 Å². The first-order valence-electron chi connectivity index (χ1n) is 6.35. The average Bonchev–Trinajstić information content (AvgIpc) is 3.05. The summed E-state index contributed by atoms with van der Waals surface area (Å²) in [6.07, 6.45) is 6.58. The Bertz CT molecular complexity index is 588. The molecule has 0 bridgehead atoms. The summed E-state index contributed by atoms with van der Waals surface area (Å²) >= 11 is 0. The van der Waals surface area contributed by atoms with Gasteiger partial charge in [-0.15, -0.1) is 0 Å². The Morgan fingerprint density at radius 3 is 3.06 bits per heavy atom. The van der Waals surface area contributed by atoms with Crippen LogP contribution >= 0.6 is 0 Å². The van der Waals surface area contributed by atoms with E-state index in [0.717, 1.165) is 23.7 Å². The molecule has 4 nitrogen and oxygen atoms in total. The zero-order valence-electron chi connectivity index (χ0n) is 10.4. The van der Waals surface area contributed by atoms with E-state index in [2.05, 4.69) is 10.2 Å². The van der Waals surface area contributed by atoms with Gasteiger partial charge in [0.1, 0.15) is 0 Å². The van der Waals surface area contributed by atoms with Crippen molar-refractivity contribution in [3.8, 4) is 0 Å². The molecular formula is C13H14N2O2. The molecule has 0 unspecified atom stereocenters. The van der Waals surface area contributed by atoms with Gasteiger partial charge >= 0.3 is 5.97 Å². The van der Waals surface area contributed by atoms with Gasteiger partial charge in [-0.25, -0.2) is 4.79 Å². The Labute approximate surface area is 100 Å². The molecule has 4 heteroatoms. The molecule has 17 heavy (non-hydrogen) atoms. The number of carbonyl (C=O) groups is 1. The third-order valence-corrected chi connectivity index (χ3v) is 3.50. The second-order valence-corrected chi connectivity index (χ2v) is 4.59. The maximum absolute atomic E-state index is 11.4. The van der Waals surface area contributed by atoms with Crippen LogP contribution in [0, 0.1) is 0 Å². The molecule has 1 N–H and O–H groups in total. The zero-order valence-corrected chi connectivity index (χ0v) is 9.43. The van der Waals surface area contributed by atoms with Crippen molar-refractivity contribution >= 4 is 16.9 Å². The minimum Gasteiger partial charge on any atom is -0.478 e. The van der Waals surface area contributed by atoms with E-state index in [0.29, 0.717) is 11.6 Å². The quantitative estimate of drug-likeness (QED) is 0.864. The Hall–Kier alpha value is -1.84. The molecule has 1 aromatic carbocycles. The van der Waals surface area contributed by atoms with Crippen molar-refractivity contribution in [2.45, 2.75) is 31.7 Å². The van der Waals surface area contributed by atoms with E-state index < -0.39 is 5.97 Å². The maximum atomic E-state index is 11.4. The lowest BCUT2D eigenvalue weighted by Crippen LogP contribution is -2.06. The summed E-state index contributed by atoms with van der Waals surface area (Å²) in [6.45, 7) is 0. The molecule has 3 rings (SSSR count). The normalized spacial score (nSPS) is 17.3. The van der Waals surface area contributed by atoms with Crippen molar-refractivity contribution in [3.05, 3.63) is 30.0 Å². The summed E-state index contributed by atoms with van der Waals surface area (Å²) in [6, 6.07) is 5.71. The van der Waals surface area contributed by atoms with E-state index in [-0.39, 0.29) is 0 Å². The predicted molar refractivity (Wildman–Crippen MR) is 64.2 cm³/mol. The number of carboxylic acids is 1. The Morgan fingerprint density at radius 2 is 2.29 bits per heavy atom. The first-order valence-corrected chi connectivity index (χ1v) is 5.94. The van der Waals surface area contributed by atoms with Gasteiger partial charge in [0, 0.05) is 5.39 Å². The molecule has 1 heterocycles. The molecule has 1 aliphatic carbocycles. The Balaban J connectivity index is 2.07. The van der Waals surface area contributed by atoms with Gasteiger partial charge in [-0.1, -0.05) is 18.9 Å². The van der Waals surface area contributed by atoms with Crippen LogP contribution < -0.4 is 0 Å². The first kappa shape index (κ1) is 9.22. The van der Waals surface area contributed by atoms with Gasteiger partial charge in [-0.2, -0.15) is 5.10 Å². The highest BCUT2D eigenvalue weighted by Gasteiger charge is 2.19. The lowest BCUT2D eigenvalue weighted by molar-refractivity contribution is 0.0697. The summed E-state index contributed by atoms with van der Waals surface area (Å²) in [4.78, 5) is 11.4. The summed E-state index contributed by atoms with van der Waals surface area (Å²) in [5, 5.41) is 9.45. The molecular weight excluding hydrogens is 216 g/mol. The molecule has 0 radical (unpaired) electrons. The highest BCUT2D eigenvalue weighted by molar-refractivity contribution is 5.93. The third kappa shape index (κ3) is 1.69. The molecule has 0 amide bonds. The van der Waals surface area contributed by atoms with Crippen LogP contribution in [0.3, 0.4) is 0 Å². The van der Waals surface area contributed by atoms with E-state index >= 15 is 0 Å². The number of fused-ring (bicyclic) bond motifs is 1. The van der Waals surface area contributed by atoms with Crippen LogP contribution in [0.4, 0.5) is 0 Å². The molecule has 1 aromatic heterocycles. The first-order chi connectivity index (χ1) is 8.79. The van der Waals surface area contributed by atoms with Gasteiger partial charge in [0.15, 0.2) is 0 Å². The lowest BCUT2D eigenvalue weighted by Gasteiger charge is -2.11. The monoisotopic (exact) mass is 231 g/mol. The fourth-order valence-electron chi connectivity index (χ4n) is 2.60. The van der Waals surface area contributed by atoms with Crippen molar-refractivity contribution < 1.29 is 9.90 Å². The van der Waals surface area contributed by atoms with Gasteiger partial charge in [-0.05, 0) is 25.0 Å². The van der Waals surface area contributed by atoms with E-state index in [1.54, 1.807) is 12.1 Å². The smallest absolute Gasteiger partial charge is 0.335 e. The topological polar surface area (TPSA) is 55.1 Å². The number of hydrogen-bond acceptors (Lipinski definition) is 3. The standard InChI is InChI=1S/C13H14N2O2/c16-13(17)9-5-6-10-8-14-15(12(10)7-9)11-3-1-2-4-11/h5-8,11H,1-4H2,(H,16,17)/i/hD. The van der Waals surface area contributed by atoms with E-state index in [1.807, 2.05) is 16.9 Å². The van der Waals surface area contributed by atoms with Crippen LogP contribution in [0.15, 0.2) is 24.4 Å². The third-order valence-electron chi connectivity index (χ3n) is 3.50. The summed E-state index contributed by atoms with van der Waals surface area (Å²) in [5.41, 5.74) is 1.35. The van der Waals surface area contributed by atoms with Crippen molar-refractivity contribution in [1.29, 1.82) is 1.43 Å². The SMILES string of the molecule is [2H]OC(=O)c1ccc2cnn(C3CCCC3)c2c1. The number of aromatic carboxylic acids is 1. The van der Waals surface area contributed by atoms with Gasteiger partial charge in [0.25, 0.3) is 1.43 Å². The van der Waals surface area contributed by atoms with Crippen LogP contribution in [0.1, 0.15) is 42.1 Å². The summed E-state index contributed by atoms with van der Waals surface area (Å²) in [5.74, 6) is -0.629. The number of rotatable bonds is 2. The van der Waals surface area contributed by atoms with Crippen molar-refractivity contribution in [2.24, 2.45) is 0 Å². The van der Waals surface area contributed by atoms with Crippen LogP contribution in [0.5, 0.6) is 0 Å². The van der Waals surface area contributed by atoms with Crippen LogP contribution in [-0.2, 0) is 0 Å². The largest absolute Gasteiger partial charge is 0.478 e. The molecule has 0 aliphatic heterocycles. The molecule has 0 saturated heterocycles. The molecule has 0 atom stereocenters. The van der Waals surface area contributed by atoms with Gasteiger partial charge in [0.05, 0.1) is 23.3 Å². The van der Waals surface area contributed by atoms with Crippen molar-refractivity contribution in [3.63, 3.8) is 0 Å². The minimum atomic E-state index is -0.629. The zero-order chi connectivity index (χ0) is 12.5. The molecule has 0 spiro atoms. The molecule has 1 saturated carbocycles. The molecule has 1 fully saturated rings. The number of hydrogen-bond donors (Lipinski definition) is 1. The van der Waals surface area contributed by atoms with Crippen molar-refractivity contribution in [1.82, 2.24) is 9.78 Å². The van der Waals surface area contributed by atoms with Crippen molar-refractivity contribution in [2.75, 3.05) is 0 Å². The van der Waals surface area contributed by atoms with Gasteiger partial charge in [0.2, 0.25) is 0 Å². The number of nitrogens with zero attached hydrogens (tertiary/aromatic N) is 2. The van der Waals surface area contributed by atoms with E-state index in [9.17, 15) is 4.79 Å². The molecule has 2 aromatic rings. The highest BCUT2D eigenvalue weighted by atomic mass is 16.4. The molecule has 88 valence electrons. The Kier molecular flexibility index (Phi) is 2.10. The fraction of sp³-hybridized carbons (Fsp3) is 0.385. The van der Waals surface area contributed by atoms with Crippen LogP contribution in [-0.4, -0.2) is 20.9 Å². The predicted octanol–water partition coefficient (Wildman–Crippen LogP) is 2.85. The number of benzene rings is 1. The average molecular weight is 231 g/mol. The maximum Gasteiger partial charge on any atom is 0.335 e.